The highest BCUT2D eigenvalue weighted by atomic mass is 16.5. The van der Waals surface area contributed by atoms with Crippen molar-refractivity contribution in [2.45, 2.75) is 57.8 Å². The molecule has 1 atom stereocenters. The van der Waals surface area contributed by atoms with Gasteiger partial charge in [-0.05, 0) is 69.5 Å². The van der Waals surface area contributed by atoms with Crippen LogP contribution >= 0.6 is 0 Å². The summed E-state index contributed by atoms with van der Waals surface area (Å²) in [6, 6.07) is 16.5. The molecule has 0 unspecified atom stereocenters. The maximum atomic E-state index is 10.5. The topological polar surface area (TPSA) is 57.1 Å². The molecule has 1 fully saturated rings. The van der Waals surface area contributed by atoms with Crippen LogP contribution in [0.2, 0.25) is 0 Å². The number of piperidine rings is 1. The molecule has 160 valence electrons. The van der Waals surface area contributed by atoms with Crippen LogP contribution in [0.1, 0.15) is 57.2 Å². The molecule has 0 amide bonds. The Bertz CT molecular complexity index is 884. The van der Waals surface area contributed by atoms with Crippen LogP contribution in [0.5, 0.6) is 11.5 Å². The number of rotatable bonds is 5. The van der Waals surface area contributed by atoms with Crippen LogP contribution < -0.4 is 10.1 Å². The van der Waals surface area contributed by atoms with Crippen LogP contribution in [0.25, 0.3) is 0 Å². The zero-order chi connectivity index (χ0) is 21.1. The molecule has 2 aliphatic rings. The van der Waals surface area contributed by atoms with Gasteiger partial charge in [0, 0.05) is 42.9 Å². The zero-order valence-electron chi connectivity index (χ0n) is 18.3. The first-order valence-electron chi connectivity index (χ1n) is 11.1. The third-order valence-corrected chi connectivity index (χ3v) is 6.36. The molecular weight excluding hydrogens is 374 g/mol. The van der Waals surface area contributed by atoms with Crippen molar-refractivity contribution in [2.75, 3.05) is 19.7 Å². The second kappa shape index (κ2) is 8.78. The first-order valence-corrected chi connectivity index (χ1v) is 11.1. The van der Waals surface area contributed by atoms with E-state index >= 15 is 0 Å². The summed E-state index contributed by atoms with van der Waals surface area (Å²) < 4.78 is 5.61. The number of phenolic OH excluding ortho intramolecular Hbond substituents is 1. The molecule has 2 aromatic rings. The van der Waals surface area contributed by atoms with Crippen LogP contribution in [0.3, 0.4) is 0 Å². The van der Waals surface area contributed by atoms with Gasteiger partial charge in [-0.1, -0.05) is 18.2 Å². The van der Waals surface area contributed by atoms with Gasteiger partial charge >= 0.3 is 0 Å². The lowest BCUT2D eigenvalue weighted by atomic mass is 9.87. The van der Waals surface area contributed by atoms with E-state index in [9.17, 15) is 5.11 Å². The summed E-state index contributed by atoms with van der Waals surface area (Å²) in [5.41, 5.74) is 2.89. The molecule has 0 aliphatic carbocycles. The number of benzene rings is 2. The van der Waals surface area contributed by atoms with E-state index in [4.69, 9.17) is 9.73 Å². The van der Waals surface area contributed by atoms with Gasteiger partial charge in [-0.3, -0.25) is 10.3 Å². The SMILES string of the molecule is CCOc1ccc(C2=NC3(CCN(C(C)C)CC3)N[C@@H](c3ccccc3O)C2)cc1. The van der Waals surface area contributed by atoms with Gasteiger partial charge in [0.25, 0.3) is 0 Å². The average Bonchev–Trinajstić information content (AvgIpc) is 2.75. The number of likely N-dealkylation sites (tertiary alicyclic amines) is 1. The van der Waals surface area contributed by atoms with Gasteiger partial charge in [0.2, 0.25) is 0 Å². The number of hydrogen-bond donors (Lipinski definition) is 2. The van der Waals surface area contributed by atoms with E-state index in [0.717, 1.165) is 54.9 Å². The summed E-state index contributed by atoms with van der Waals surface area (Å²) in [4.78, 5) is 7.79. The minimum absolute atomic E-state index is 0.0378. The number of hydrogen-bond acceptors (Lipinski definition) is 5. The van der Waals surface area contributed by atoms with Gasteiger partial charge in [0.1, 0.15) is 17.2 Å². The van der Waals surface area contributed by atoms with Crippen molar-refractivity contribution in [1.29, 1.82) is 0 Å². The van der Waals surface area contributed by atoms with E-state index in [-0.39, 0.29) is 11.7 Å². The average molecular weight is 408 g/mol. The molecule has 5 nitrogen and oxygen atoms in total. The van der Waals surface area contributed by atoms with Crippen molar-refractivity contribution < 1.29 is 9.84 Å². The van der Waals surface area contributed by atoms with E-state index in [2.05, 4.69) is 36.2 Å². The van der Waals surface area contributed by atoms with E-state index in [1.807, 2.05) is 37.3 Å². The van der Waals surface area contributed by atoms with Crippen molar-refractivity contribution in [3.8, 4) is 11.5 Å². The fourth-order valence-corrected chi connectivity index (χ4v) is 4.63. The van der Waals surface area contributed by atoms with Crippen molar-refractivity contribution >= 4 is 5.71 Å². The van der Waals surface area contributed by atoms with Gasteiger partial charge in [-0.15, -0.1) is 0 Å². The maximum absolute atomic E-state index is 10.5. The van der Waals surface area contributed by atoms with Crippen molar-refractivity contribution in [3.05, 3.63) is 59.7 Å². The Morgan fingerprint density at radius 2 is 1.83 bits per heavy atom. The highest BCUT2D eigenvalue weighted by Gasteiger charge is 2.40. The number of para-hydroxylation sites is 1. The molecule has 4 rings (SSSR count). The van der Waals surface area contributed by atoms with Crippen molar-refractivity contribution in [1.82, 2.24) is 10.2 Å². The van der Waals surface area contributed by atoms with Gasteiger partial charge in [0.15, 0.2) is 0 Å². The summed E-state index contributed by atoms with van der Waals surface area (Å²) in [5, 5.41) is 14.3. The van der Waals surface area contributed by atoms with Gasteiger partial charge in [-0.25, -0.2) is 0 Å². The van der Waals surface area contributed by atoms with Crippen LogP contribution in [0, 0.1) is 0 Å². The molecule has 5 heteroatoms. The normalized spacial score (nSPS) is 21.6. The third kappa shape index (κ3) is 4.37. The smallest absolute Gasteiger partial charge is 0.120 e. The maximum Gasteiger partial charge on any atom is 0.120 e. The summed E-state index contributed by atoms with van der Waals surface area (Å²) in [5.74, 6) is 1.23. The van der Waals surface area contributed by atoms with Gasteiger partial charge in [-0.2, -0.15) is 0 Å². The molecule has 1 spiro atoms. The quantitative estimate of drug-likeness (QED) is 0.765. The fraction of sp³-hybridized carbons (Fsp3) is 0.480. The molecule has 2 heterocycles. The predicted molar refractivity (Wildman–Crippen MR) is 121 cm³/mol. The lowest BCUT2D eigenvalue weighted by Gasteiger charge is -2.46. The minimum atomic E-state index is -0.287. The number of ether oxygens (including phenoxy) is 1. The molecule has 2 N–H and O–H groups in total. The fourth-order valence-electron chi connectivity index (χ4n) is 4.63. The predicted octanol–water partition coefficient (Wildman–Crippen LogP) is 4.52. The number of nitrogens with one attached hydrogen (secondary N) is 1. The molecule has 2 aliphatic heterocycles. The molecule has 0 aromatic heterocycles. The Morgan fingerprint density at radius 1 is 1.13 bits per heavy atom. The van der Waals surface area contributed by atoms with Crippen LogP contribution in [-0.2, 0) is 0 Å². The molecule has 0 bridgehead atoms. The third-order valence-electron chi connectivity index (χ3n) is 6.36. The van der Waals surface area contributed by atoms with Crippen LogP contribution in [0.15, 0.2) is 53.5 Å². The molecule has 1 saturated heterocycles. The summed E-state index contributed by atoms with van der Waals surface area (Å²) >= 11 is 0. The lowest BCUT2D eigenvalue weighted by Crippen LogP contribution is -2.56. The monoisotopic (exact) mass is 407 g/mol. The Morgan fingerprint density at radius 3 is 2.47 bits per heavy atom. The van der Waals surface area contributed by atoms with Gasteiger partial charge < -0.3 is 14.7 Å². The number of nitrogens with zero attached hydrogens (tertiary/aromatic N) is 2. The highest BCUT2D eigenvalue weighted by Crippen LogP contribution is 2.37. The summed E-state index contributed by atoms with van der Waals surface area (Å²) in [7, 11) is 0. The Hall–Kier alpha value is -2.37. The molecule has 2 aromatic carbocycles. The van der Waals surface area contributed by atoms with Crippen LogP contribution in [-0.4, -0.2) is 47.1 Å². The number of aliphatic imine (C=N–C) groups is 1. The zero-order valence-corrected chi connectivity index (χ0v) is 18.3. The Labute approximate surface area is 179 Å². The molecule has 0 saturated carbocycles. The van der Waals surface area contributed by atoms with Crippen molar-refractivity contribution in [3.63, 3.8) is 0 Å². The summed E-state index contributed by atoms with van der Waals surface area (Å²) in [6.07, 6.45) is 2.69. The first kappa shape index (κ1) is 20.9. The van der Waals surface area contributed by atoms with Gasteiger partial charge in [0.05, 0.1) is 6.61 Å². The molecular formula is C25H33N3O2. The second-order valence-corrected chi connectivity index (χ2v) is 8.64. The van der Waals surface area contributed by atoms with E-state index < -0.39 is 0 Å². The lowest BCUT2D eigenvalue weighted by molar-refractivity contribution is 0.103. The largest absolute Gasteiger partial charge is 0.508 e. The number of phenols is 1. The standard InChI is InChI=1S/C25H33N3O2/c1-4-30-20-11-9-19(10-12-20)22-17-23(21-7-5-6-8-24(21)29)27-25(26-22)13-15-28(16-14-25)18(2)3/h5-12,18,23,27,29H,4,13-17H2,1-3H3/t23-/m1/s1. The van der Waals surface area contributed by atoms with Crippen LogP contribution in [0.4, 0.5) is 0 Å². The Balaban J connectivity index is 1.66. The Kier molecular flexibility index (Phi) is 6.11. The van der Waals surface area contributed by atoms with E-state index in [0.29, 0.717) is 18.4 Å². The minimum Gasteiger partial charge on any atom is -0.508 e. The molecule has 30 heavy (non-hydrogen) atoms. The van der Waals surface area contributed by atoms with E-state index in [1.54, 1.807) is 6.07 Å². The number of aromatic hydroxyl groups is 1. The molecule has 0 radical (unpaired) electrons. The summed E-state index contributed by atoms with van der Waals surface area (Å²) in [6.45, 7) is 9.22. The van der Waals surface area contributed by atoms with E-state index in [1.165, 1.54) is 0 Å². The first-order chi connectivity index (χ1) is 14.5. The van der Waals surface area contributed by atoms with Crippen molar-refractivity contribution in [2.24, 2.45) is 4.99 Å². The second-order valence-electron chi connectivity index (χ2n) is 8.64. The highest BCUT2D eigenvalue weighted by molar-refractivity contribution is 6.01.